The van der Waals surface area contributed by atoms with Crippen LogP contribution in [0.4, 0.5) is 0 Å². The van der Waals surface area contributed by atoms with Crippen LogP contribution < -0.4 is 0 Å². The Balaban J connectivity index is 1.18. The van der Waals surface area contributed by atoms with Crippen molar-refractivity contribution in [2.45, 2.75) is 155 Å². The molecule has 2 heterocycles. The number of aliphatic hydroxyl groups excluding tert-OH is 2. The van der Waals surface area contributed by atoms with Crippen molar-refractivity contribution in [3.8, 4) is 0 Å². The SMILES string of the molecule is CC(/C=C/[C@@]12O[C@]1(C)C[C@@H](O)CC2(C)C)=C\C=C\C(C)=C\CC/C=C(\C)CC/C=C(C)/C=C/[C@@]12O[C@]1(C)C[C@@H](O)CC2(C)C. The van der Waals surface area contributed by atoms with Crippen LogP contribution in [0.2, 0.25) is 0 Å². The van der Waals surface area contributed by atoms with E-state index in [-0.39, 0.29) is 45.4 Å². The molecule has 4 heteroatoms. The van der Waals surface area contributed by atoms with Crippen molar-refractivity contribution in [1.29, 1.82) is 0 Å². The van der Waals surface area contributed by atoms with Gasteiger partial charge in [-0.2, -0.15) is 0 Å². The molecular weight excluding hydrogens is 544 g/mol. The molecular formula is C40H60O4. The molecule has 0 radical (unpaired) electrons. The Morgan fingerprint density at radius 3 is 1.59 bits per heavy atom. The average Bonchev–Trinajstić information content (AvgIpc) is 3.73. The summed E-state index contributed by atoms with van der Waals surface area (Å²) in [5.74, 6) is 0. The van der Waals surface area contributed by atoms with Gasteiger partial charge in [0.05, 0.1) is 12.2 Å². The van der Waals surface area contributed by atoms with Gasteiger partial charge in [-0.3, -0.25) is 0 Å². The Morgan fingerprint density at radius 2 is 1.07 bits per heavy atom. The molecule has 0 spiro atoms. The van der Waals surface area contributed by atoms with E-state index >= 15 is 0 Å². The maximum absolute atomic E-state index is 10.3. The molecule has 244 valence electrons. The number of hydrogen-bond acceptors (Lipinski definition) is 4. The summed E-state index contributed by atoms with van der Waals surface area (Å²) in [5, 5.41) is 20.5. The van der Waals surface area contributed by atoms with Gasteiger partial charge >= 0.3 is 0 Å². The van der Waals surface area contributed by atoms with Crippen LogP contribution in [-0.2, 0) is 9.47 Å². The molecule has 2 N–H and O–H groups in total. The number of rotatable bonds is 12. The minimum Gasteiger partial charge on any atom is -0.393 e. The zero-order chi connectivity index (χ0) is 32.6. The fourth-order valence-electron chi connectivity index (χ4n) is 8.46. The molecule has 0 bridgehead atoms. The Bertz CT molecular complexity index is 1290. The Kier molecular flexibility index (Phi) is 10.0. The molecule has 4 rings (SSSR count). The predicted octanol–water partition coefficient (Wildman–Crippen LogP) is 9.42. The van der Waals surface area contributed by atoms with Crippen LogP contribution >= 0.6 is 0 Å². The standard InChI is InChI=1S/C40H60O4/c1-29(17-13-19-31(3)21-23-39-35(5,6)25-33(41)27-37(39,9)43-39)15-11-12-16-30(2)18-14-20-32(4)22-24-40-36(7,8)26-34(42)28-38(40,10)44-40/h13,15-17,19-24,33-34,41-42H,11-12,14,18,25-28H2,1-10H3/b17-13+,23-21+,24-22+,29-15+,30-16+,31-19+,32-20+/t33-,34-,37+,38+,39-,40-/m0/s1. The van der Waals surface area contributed by atoms with Crippen molar-refractivity contribution in [2.75, 3.05) is 0 Å². The first-order valence-corrected chi connectivity index (χ1v) is 16.9. The summed E-state index contributed by atoms with van der Waals surface area (Å²) in [4.78, 5) is 0. The van der Waals surface area contributed by atoms with Gasteiger partial charge in [-0.15, -0.1) is 0 Å². The Hall–Kier alpha value is -1.98. The van der Waals surface area contributed by atoms with Gasteiger partial charge in [0.25, 0.3) is 0 Å². The summed E-state index contributed by atoms with van der Waals surface area (Å²) >= 11 is 0. The molecule has 0 aromatic rings. The van der Waals surface area contributed by atoms with Crippen LogP contribution in [-0.4, -0.2) is 44.8 Å². The smallest absolute Gasteiger partial charge is 0.121 e. The normalized spacial score (nSPS) is 38.8. The van der Waals surface area contributed by atoms with E-state index in [9.17, 15) is 10.2 Å². The highest BCUT2D eigenvalue weighted by atomic mass is 16.6. The number of epoxide rings is 2. The first-order chi connectivity index (χ1) is 20.4. The average molecular weight is 605 g/mol. The summed E-state index contributed by atoms with van der Waals surface area (Å²) in [7, 11) is 0. The second-order valence-electron chi connectivity index (χ2n) is 16.0. The van der Waals surface area contributed by atoms with Crippen LogP contribution in [0.25, 0.3) is 0 Å². The number of unbranched alkanes of at least 4 members (excludes halogenated alkanes) is 1. The van der Waals surface area contributed by atoms with Crippen LogP contribution in [0.5, 0.6) is 0 Å². The molecule has 2 saturated heterocycles. The molecule has 2 aliphatic carbocycles. The number of ether oxygens (including phenoxy) is 2. The lowest BCUT2D eigenvalue weighted by molar-refractivity contribution is 0.0510. The molecule has 0 amide bonds. The van der Waals surface area contributed by atoms with Crippen molar-refractivity contribution >= 4 is 0 Å². The van der Waals surface area contributed by atoms with Gasteiger partial charge in [-0.1, -0.05) is 98.6 Å². The number of fused-ring (bicyclic) bond motifs is 2. The highest BCUT2D eigenvalue weighted by Crippen LogP contribution is 2.67. The summed E-state index contributed by atoms with van der Waals surface area (Å²) in [6, 6.07) is 0. The second-order valence-corrected chi connectivity index (χ2v) is 16.0. The van der Waals surface area contributed by atoms with Gasteiger partial charge in [0, 0.05) is 23.7 Å². The zero-order valence-corrected chi connectivity index (χ0v) is 29.3. The van der Waals surface area contributed by atoms with Gasteiger partial charge < -0.3 is 19.7 Å². The summed E-state index contributed by atoms with van der Waals surface area (Å²) in [5.41, 5.74) is 3.98. The van der Waals surface area contributed by atoms with E-state index < -0.39 is 0 Å². The molecule has 4 aliphatic rings. The van der Waals surface area contributed by atoms with E-state index in [0.717, 1.165) is 44.9 Å². The highest BCUT2D eigenvalue weighted by molar-refractivity contribution is 5.37. The minimum absolute atomic E-state index is 0.0713. The molecule has 0 aromatic heterocycles. The fourth-order valence-corrected chi connectivity index (χ4v) is 8.46. The molecule has 2 aliphatic heterocycles. The largest absolute Gasteiger partial charge is 0.393 e. The molecule has 0 unspecified atom stereocenters. The van der Waals surface area contributed by atoms with E-state index in [4.69, 9.17) is 9.47 Å². The minimum atomic E-state index is -0.283. The number of allylic oxidation sites excluding steroid dienone is 12. The first-order valence-electron chi connectivity index (χ1n) is 16.9. The van der Waals surface area contributed by atoms with E-state index in [2.05, 4.69) is 130 Å². The van der Waals surface area contributed by atoms with Crippen LogP contribution in [0.1, 0.15) is 121 Å². The van der Waals surface area contributed by atoms with E-state index in [1.165, 1.54) is 22.3 Å². The van der Waals surface area contributed by atoms with Gasteiger partial charge in [-0.05, 0) is 92.2 Å². The molecule has 4 fully saturated rings. The molecule has 2 saturated carbocycles. The van der Waals surface area contributed by atoms with Crippen molar-refractivity contribution in [3.05, 3.63) is 83.1 Å². The van der Waals surface area contributed by atoms with Gasteiger partial charge in [0.2, 0.25) is 0 Å². The predicted molar refractivity (Wildman–Crippen MR) is 183 cm³/mol. The Morgan fingerprint density at radius 1 is 0.614 bits per heavy atom. The highest BCUT2D eigenvalue weighted by Gasteiger charge is 2.75. The number of aliphatic hydroxyl groups is 2. The van der Waals surface area contributed by atoms with Crippen molar-refractivity contribution in [2.24, 2.45) is 10.8 Å². The molecule has 44 heavy (non-hydrogen) atoms. The third-order valence-corrected chi connectivity index (χ3v) is 11.0. The second kappa shape index (κ2) is 12.7. The van der Waals surface area contributed by atoms with E-state index in [0.29, 0.717) is 6.42 Å². The molecule has 0 aromatic carbocycles. The Labute approximate surface area is 268 Å². The number of hydrogen-bond donors (Lipinski definition) is 2. The van der Waals surface area contributed by atoms with Gasteiger partial charge in [-0.25, -0.2) is 0 Å². The molecule has 4 nitrogen and oxygen atoms in total. The van der Waals surface area contributed by atoms with Crippen LogP contribution in [0, 0.1) is 10.8 Å². The summed E-state index contributed by atoms with van der Waals surface area (Å²) in [6.07, 6.45) is 29.0. The topological polar surface area (TPSA) is 65.5 Å². The lowest BCUT2D eigenvalue weighted by Gasteiger charge is -2.39. The lowest BCUT2D eigenvalue weighted by atomic mass is 9.63. The lowest BCUT2D eigenvalue weighted by Crippen LogP contribution is -2.46. The quantitative estimate of drug-likeness (QED) is 0.101. The fraction of sp³-hybridized carbons (Fsp3) is 0.650. The van der Waals surface area contributed by atoms with E-state index in [1.807, 2.05) is 0 Å². The van der Waals surface area contributed by atoms with Gasteiger partial charge in [0.1, 0.15) is 22.4 Å². The third-order valence-electron chi connectivity index (χ3n) is 11.0. The van der Waals surface area contributed by atoms with Crippen LogP contribution in [0.15, 0.2) is 83.1 Å². The van der Waals surface area contributed by atoms with E-state index in [1.54, 1.807) is 0 Å². The van der Waals surface area contributed by atoms with Crippen LogP contribution in [0.3, 0.4) is 0 Å². The first kappa shape index (κ1) is 34.9. The third kappa shape index (κ3) is 7.04. The maximum Gasteiger partial charge on any atom is 0.121 e. The zero-order valence-electron chi connectivity index (χ0n) is 29.3. The molecule has 6 atom stereocenters. The van der Waals surface area contributed by atoms with Crippen molar-refractivity contribution in [3.63, 3.8) is 0 Å². The maximum atomic E-state index is 10.3. The van der Waals surface area contributed by atoms with Crippen molar-refractivity contribution in [1.82, 2.24) is 0 Å². The summed E-state index contributed by atoms with van der Waals surface area (Å²) < 4.78 is 12.5. The monoisotopic (exact) mass is 604 g/mol. The van der Waals surface area contributed by atoms with Crippen molar-refractivity contribution < 1.29 is 19.7 Å². The summed E-state index contributed by atoms with van der Waals surface area (Å²) in [6.45, 7) is 21.8. The van der Waals surface area contributed by atoms with Gasteiger partial charge in [0.15, 0.2) is 0 Å².